The molecule has 0 radical (unpaired) electrons. The van der Waals surface area contributed by atoms with Gasteiger partial charge in [0.25, 0.3) is 0 Å². The molecule has 0 aromatic heterocycles. The predicted molar refractivity (Wildman–Crippen MR) is 94.7 cm³/mol. The molecule has 2 aromatic carbocycles. The minimum Gasteiger partial charge on any atom is -0.394 e. The number of anilines is 1. The highest BCUT2D eigenvalue weighted by Crippen LogP contribution is 2.20. The van der Waals surface area contributed by atoms with E-state index in [1.54, 1.807) is 4.90 Å². The maximum absolute atomic E-state index is 12.5. The lowest BCUT2D eigenvalue weighted by Crippen LogP contribution is -2.40. The smallest absolute Gasteiger partial charge is 0.322 e. The monoisotopic (exact) mass is 320 g/mol. The Labute approximate surface area is 142 Å². The average Bonchev–Trinajstić information content (AvgIpc) is 3.11. The number of carbonyl (C=O) groups excluding carboxylic acids is 1. The molecule has 2 aromatic rings. The molecule has 0 spiro atoms. The number of aliphatic hydroxyl groups is 1. The summed E-state index contributed by atoms with van der Waals surface area (Å²) in [7, 11) is 0. The molecule has 0 bridgehead atoms. The van der Waals surface area contributed by atoms with E-state index in [1.807, 2.05) is 54.6 Å². The third kappa shape index (κ3) is 3.76. The first-order valence-electron chi connectivity index (χ1n) is 8.12. The van der Waals surface area contributed by atoms with E-state index in [4.69, 9.17) is 0 Å². The second-order valence-electron chi connectivity index (χ2n) is 5.76. The number of aliphatic hydroxyl groups excluding tert-OH is 1. The van der Waals surface area contributed by atoms with Crippen LogP contribution in [-0.4, -0.2) is 35.2 Å². The zero-order chi connectivity index (χ0) is 16.8. The van der Waals surface area contributed by atoms with Crippen molar-refractivity contribution >= 4 is 11.7 Å². The summed E-state index contributed by atoms with van der Waals surface area (Å²) >= 11 is 0. The number of para-hydroxylation sites is 1. The molecular formula is C20H20N2O2. The van der Waals surface area contributed by atoms with Crippen molar-refractivity contribution in [2.24, 2.45) is 0 Å². The van der Waals surface area contributed by atoms with Crippen LogP contribution in [0.1, 0.15) is 24.0 Å². The second kappa shape index (κ2) is 7.67. The number of nitrogens with zero attached hydrogens (tertiary/aromatic N) is 1. The Balaban J connectivity index is 1.77. The highest BCUT2D eigenvalue weighted by molar-refractivity contribution is 5.91. The van der Waals surface area contributed by atoms with Crippen molar-refractivity contribution in [1.29, 1.82) is 0 Å². The SMILES string of the molecule is O=C(Nc1ccccc1C#Cc1ccccc1)N1CCC[C@@H]1CO. The Morgan fingerprint density at radius 1 is 1.12 bits per heavy atom. The largest absolute Gasteiger partial charge is 0.394 e. The van der Waals surface area contributed by atoms with Crippen LogP contribution < -0.4 is 5.32 Å². The molecule has 2 amide bonds. The topological polar surface area (TPSA) is 52.6 Å². The lowest BCUT2D eigenvalue weighted by molar-refractivity contribution is 0.166. The molecule has 3 rings (SSSR count). The molecule has 1 heterocycles. The van der Waals surface area contributed by atoms with Crippen molar-refractivity contribution in [3.63, 3.8) is 0 Å². The molecule has 1 saturated heterocycles. The van der Waals surface area contributed by atoms with Gasteiger partial charge in [0, 0.05) is 17.7 Å². The lowest BCUT2D eigenvalue weighted by Gasteiger charge is -2.23. The summed E-state index contributed by atoms with van der Waals surface area (Å²) in [6.45, 7) is 0.678. The van der Waals surface area contributed by atoms with E-state index in [2.05, 4.69) is 17.2 Å². The first-order valence-corrected chi connectivity index (χ1v) is 8.12. The molecule has 1 aliphatic rings. The van der Waals surface area contributed by atoms with Crippen LogP contribution in [0.4, 0.5) is 10.5 Å². The van der Waals surface area contributed by atoms with Crippen LogP contribution in [0.25, 0.3) is 0 Å². The van der Waals surface area contributed by atoms with Crippen molar-refractivity contribution in [2.75, 3.05) is 18.5 Å². The molecule has 1 aliphatic heterocycles. The molecule has 4 nitrogen and oxygen atoms in total. The Kier molecular flexibility index (Phi) is 5.15. The van der Waals surface area contributed by atoms with Gasteiger partial charge in [-0.2, -0.15) is 0 Å². The Bertz CT molecular complexity index is 762. The van der Waals surface area contributed by atoms with Crippen LogP contribution >= 0.6 is 0 Å². The number of benzene rings is 2. The van der Waals surface area contributed by atoms with Gasteiger partial charge in [-0.25, -0.2) is 4.79 Å². The van der Waals surface area contributed by atoms with Gasteiger partial charge >= 0.3 is 6.03 Å². The fraction of sp³-hybridized carbons (Fsp3) is 0.250. The van der Waals surface area contributed by atoms with Crippen LogP contribution in [0.5, 0.6) is 0 Å². The summed E-state index contributed by atoms with van der Waals surface area (Å²) in [4.78, 5) is 14.2. The Morgan fingerprint density at radius 2 is 1.88 bits per heavy atom. The van der Waals surface area contributed by atoms with Crippen molar-refractivity contribution in [2.45, 2.75) is 18.9 Å². The van der Waals surface area contributed by atoms with Crippen molar-refractivity contribution < 1.29 is 9.90 Å². The normalized spacial score (nSPS) is 16.4. The number of rotatable bonds is 2. The molecule has 4 heteroatoms. The fourth-order valence-corrected chi connectivity index (χ4v) is 2.84. The fourth-order valence-electron chi connectivity index (χ4n) is 2.84. The van der Waals surface area contributed by atoms with Crippen LogP contribution in [-0.2, 0) is 0 Å². The third-order valence-electron chi connectivity index (χ3n) is 4.13. The standard InChI is InChI=1S/C20H20N2O2/c23-15-18-10-6-14-22(18)20(24)21-19-11-5-4-9-17(19)13-12-16-7-2-1-3-8-16/h1-5,7-9,11,18,23H,6,10,14-15H2,(H,21,24)/t18-/m1/s1. The number of amides is 2. The average molecular weight is 320 g/mol. The highest BCUT2D eigenvalue weighted by Gasteiger charge is 2.28. The van der Waals surface area contributed by atoms with Gasteiger partial charge in [-0.05, 0) is 37.1 Å². The summed E-state index contributed by atoms with van der Waals surface area (Å²) in [5, 5.41) is 12.3. The van der Waals surface area contributed by atoms with Gasteiger partial charge in [0.1, 0.15) is 0 Å². The molecule has 0 aliphatic carbocycles. The molecule has 2 N–H and O–H groups in total. The second-order valence-corrected chi connectivity index (χ2v) is 5.76. The van der Waals surface area contributed by atoms with Gasteiger partial charge in [-0.15, -0.1) is 0 Å². The van der Waals surface area contributed by atoms with Crippen molar-refractivity contribution in [3.8, 4) is 11.8 Å². The van der Waals surface area contributed by atoms with Crippen LogP contribution in [0.15, 0.2) is 54.6 Å². The Hall–Kier alpha value is -2.77. The van der Waals surface area contributed by atoms with E-state index in [0.29, 0.717) is 12.2 Å². The number of hydrogen-bond donors (Lipinski definition) is 2. The maximum atomic E-state index is 12.5. The van der Waals surface area contributed by atoms with Crippen LogP contribution in [0, 0.1) is 11.8 Å². The number of hydrogen-bond acceptors (Lipinski definition) is 2. The summed E-state index contributed by atoms with van der Waals surface area (Å²) in [6.07, 6.45) is 1.77. The quantitative estimate of drug-likeness (QED) is 0.836. The van der Waals surface area contributed by atoms with Crippen molar-refractivity contribution in [3.05, 3.63) is 65.7 Å². The van der Waals surface area contributed by atoms with E-state index in [-0.39, 0.29) is 18.7 Å². The third-order valence-corrected chi connectivity index (χ3v) is 4.13. The zero-order valence-corrected chi connectivity index (χ0v) is 13.4. The van der Waals surface area contributed by atoms with Gasteiger partial charge in [0.2, 0.25) is 0 Å². The predicted octanol–water partition coefficient (Wildman–Crippen LogP) is 3.08. The van der Waals surface area contributed by atoms with Crippen molar-refractivity contribution in [1.82, 2.24) is 4.90 Å². The molecule has 0 saturated carbocycles. The van der Waals surface area contributed by atoms with Gasteiger partial charge < -0.3 is 15.3 Å². The van der Waals surface area contributed by atoms with Gasteiger partial charge in [-0.3, -0.25) is 0 Å². The number of urea groups is 1. The number of likely N-dealkylation sites (tertiary alicyclic amines) is 1. The number of nitrogens with one attached hydrogen (secondary N) is 1. The molecule has 24 heavy (non-hydrogen) atoms. The molecule has 1 atom stereocenters. The van der Waals surface area contributed by atoms with E-state index in [9.17, 15) is 9.90 Å². The maximum Gasteiger partial charge on any atom is 0.322 e. The van der Waals surface area contributed by atoms with Gasteiger partial charge in [-0.1, -0.05) is 42.2 Å². The van der Waals surface area contributed by atoms with E-state index >= 15 is 0 Å². The summed E-state index contributed by atoms with van der Waals surface area (Å²) < 4.78 is 0. The van der Waals surface area contributed by atoms with Gasteiger partial charge in [0.15, 0.2) is 0 Å². The first-order chi connectivity index (χ1) is 11.8. The summed E-state index contributed by atoms with van der Waals surface area (Å²) in [6, 6.07) is 17.0. The number of carbonyl (C=O) groups is 1. The summed E-state index contributed by atoms with van der Waals surface area (Å²) in [5.74, 6) is 6.23. The van der Waals surface area contributed by atoms with E-state index in [1.165, 1.54) is 0 Å². The van der Waals surface area contributed by atoms with E-state index in [0.717, 1.165) is 24.0 Å². The molecular weight excluding hydrogens is 300 g/mol. The Morgan fingerprint density at radius 3 is 2.67 bits per heavy atom. The zero-order valence-electron chi connectivity index (χ0n) is 13.4. The van der Waals surface area contributed by atoms with Gasteiger partial charge in [0.05, 0.1) is 18.3 Å². The highest BCUT2D eigenvalue weighted by atomic mass is 16.3. The van der Waals surface area contributed by atoms with Crippen LogP contribution in [0.3, 0.4) is 0 Å². The summed E-state index contributed by atoms with van der Waals surface area (Å²) in [5.41, 5.74) is 2.39. The van der Waals surface area contributed by atoms with Crippen LogP contribution in [0.2, 0.25) is 0 Å². The molecule has 122 valence electrons. The minimum atomic E-state index is -0.180. The lowest BCUT2D eigenvalue weighted by atomic mass is 10.1. The first kappa shape index (κ1) is 16.1. The molecule has 1 fully saturated rings. The minimum absolute atomic E-state index is 0.00286. The van der Waals surface area contributed by atoms with E-state index < -0.39 is 0 Å². The molecule has 0 unspecified atom stereocenters.